The van der Waals surface area contributed by atoms with Gasteiger partial charge in [-0.3, -0.25) is 14.9 Å². The minimum Gasteiger partial charge on any atom is -0.474 e. The number of ether oxygens (including phenoxy) is 2. The number of benzene rings is 3. The van der Waals surface area contributed by atoms with E-state index >= 15 is 0 Å². The van der Waals surface area contributed by atoms with Gasteiger partial charge in [-0.25, -0.2) is 10.2 Å². The highest BCUT2D eigenvalue weighted by Gasteiger charge is 2.20. The molecule has 1 N–H and O–H groups in total. The number of nitrogens with one attached hydrogen (secondary N) is 1. The summed E-state index contributed by atoms with van der Waals surface area (Å²) in [6.45, 7) is 1.43. The Hall–Kier alpha value is -3.95. The van der Waals surface area contributed by atoms with Crippen LogP contribution in [0.4, 0.5) is 5.69 Å². The first kappa shape index (κ1) is 24.7. The Labute approximate surface area is 204 Å². The normalized spacial score (nSPS) is 11.6. The first-order chi connectivity index (χ1) is 16.2. The van der Waals surface area contributed by atoms with Gasteiger partial charge in [0.1, 0.15) is 5.75 Å². The van der Waals surface area contributed by atoms with Crippen LogP contribution in [0.5, 0.6) is 11.5 Å². The Morgan fingerprint density at radius 2 is 1.85 bits per heavy atom. The van der Waals surface area contributed by atoms with E-state index in [4.69, 9.17) is 32.7 Å². The van der Waals surface area contributed by atoms with Crippen LogP contribution >= 0.6 is 23.2 Å². The highest BCUT2D eigenvalue weighted by molar-refractivity contribution is 6.36. The van der Waals surface area contributed by atoms with Gasteiger partial charge in [0.2, 0.25) is 0 Å². The van der Waals surface area contributed by atoms with Crippen molar-refractivity contribution >= 4 is 47.0 Å². The molecule has 3 rings (SSSR count). The summed E-state index contributed by atoms with van der Waals surface area (Å²) in [6.07, 6.45) is 0.289. The van der Waals surface area contributed by atoms with Crippen LogP contribution in [0.2, 0.25) is 10.0 Å². The summed E-state index contributed by atoms with van der Waals surface area (Å²) in [5.74, 6) is -1.08. The zero-order valence-corrected chi connectivity index (χ0v) is 19.1. The van der Waals surface area contributed by atoms with E-state index in [0.29, 0.717) is 10.6 Å². The highest BCUT2D eigenvalue weighted by Crippen LogP contribution is 2.27. The lowest BCUT2D eigenvalue weighted by molar-refractivity contribution is -0.386. The number of halogens is 2. The average molecular weight is 502 g/mol. The van der Waals surface area contributed by atoms with E-state index in [1.807, 2.05) is 0 Å². The van der Waals surface area contributed by atoms with E-state index in [1.165, 1.54) is 55.6 Å². The Bertz CT molecular complexity index is 1260. The summed E-state index contributed by atoms with van der Waals surface area (Å²) in [7, 11) is 0. The quantitative estimate of drug-likeness (QED) is 0.152. The third kappa shape index (κ3) is 6.53. The van der Waals surface area contributed by atoms with Crippen LogP contribution in [0.1, 0.15) is 22.8 Å². The van der Waals surface area contributed by atoms with Crippen molar-refractivity contribution in [2.24, 2.45) is 5.10 Å². The van der Waals surface area contributed by atoms with Crippen LogP contribution in [0.25, 0.3) is 0 Å². The Kier molecular flexibility index (Phi) is 8.18. The summed E-state index contributed by atoms with van der Waals surface area (Å²) in [4.78, 5) is 35.1. The van der Waals surface area contributed by atoms with Crippen molar-refractivity contribution < 1.29 is 24.0 Å². The number of carbonyl (C=O) groups excluding carboxylic acids is 2. The molecule has 0 aliphatic rings. The number of carbonyl (C=O) groups is 2. The molecule has 0 bridgehead atoms. The van der Waals surface area contributed by atoms with Crippen molar-refractivity contribution in [3.05, 3.63) is 98.0 Å². The van der Waals surface area contributed by atoms with Crippen molar-refractivity contribution in [2.75, 3.05) is 0 Å². The molecule has 0 saturated heterocycles. The van der Waals surface area contributed by atoms with Gasteiger partial charge in [0.25, 0.3) is 5.91 Å². The van der Waals surface area contributed by atoms with E-state index in [0.717, 1.165) is 0 Å². The van der Waals surface area contributed by atoms with E-state index in [9.17, 15) is 19.7 Å². The maximum Gasteiger partial charge on any atom is 0.345 e. The summed E-state index contributed by atoms with van der Waals surface area (Å²) in [6, 6.07) is 16.6. The number of nitro benzene ring substituents is 1. The molecule has 0 spiro atoms. The van der Waals surface area contributed by atoms with Crippen molar-refractivity contribution in [3.63, 3.8) is 0 Å². The molecule has 34 heavy (non-hydrogen) atoms. The summed E-state index contributed by atoms with van der Waals surface area (Å²) in [5, 5.41) is 15.5. The molecule has 1 amide bonds. The molecule has 1 unspecified atom stereocenters. The summed E-state index contributed by atoms with van der Waals surface area (Å²) in [5.41, 5.74) is 2.73. The molecular formula is C23H17Cl2N3O6. The molecular weight excluding hydrogens is 485 g/mol. The number of hydrazone groups is 1. The van der Waals surface area contributed by atoms with Gasteiger partial charge in [-0.1, -0.05) is 47.5 Å². The van der Waals surface area contributed by atoms with Crippen LogP contribution < -0.4 is 14.9 Å². The third-order valence-corrected chi connectivity index (χ3v) is 4.89. The minimum atomic E-state index is -1.05. The van der Waals surface area contributed by atoms with Gasteiger partial charge in [0, 0.05) is 11.1 Å². The molecule has 9 nitrogen and oxygen atoms in total. The standard InChI is InChI=1S/C23H17Cl2N3O6/c1-14(33-21-8-3-2-7-20(21)28(31)32)22(29)27-26-13-15-5-4-6-17(11-15)34-23(30)18-10-9-16(24)12-19(18)25/h2-14H,1H3,(H,27,29). The van der Waals surface area contributed by atoms with Gasteiger partial charge in [0.05, 0.1) is 21.7 Å². The summed E-state index contributed by atoms with van der Waals surface area (Å²) < 4.78 is 10.7. The fraction of sp³-hybridized carbons (Fsp3) is 0.0870. The van der Waals surface area contributed by atoms with Crippen molar-refractivity contribution in [1.29, 1.82) is 0 Å². The Morgan fingerprint density at radius 3 is 2.59 bits per heavy atom. The minimum absolute atomic E-state index is 0.0329. The fourth-order valence-corrected chi connectivity index (χ4v) is 3.17. The van der Waals surface area contributed by atoms with Crippen LogP contribution in [-0.4, -0.2) is 29.1 Å². The van der Waals surface area contributed by atoms with E-state index < -0.39 is 22.9 Å². The predicted octanol–water partition coefficient (Wildman–Crippen LogP) is 5.04. The molecule has 0 aliphatic carbocycles. The maximum absolute atomic E-state index is 12.4. The molecule has 1 atom stereocenters. The van der Waals surface area contributed by atoms with Gasteiger partial charge in [-0.2, -0.15) is 5.10 Å². The van der Waals surface area contributed by atoms with Crippen LogP contribution in [0.15, 0.2) is 71.8 Å². The molecule has 174 valence electrons. The molecule has 11 heteroatoms. The molecule has 3 aromatic rings. The lowest BCUT2D eigenvalue weighted by Gasteiger charge is -2.12. The lowest BCUT2D eigenvalue weighted by Crippen LogP contribution is -2.33. The van der Waals surface area contributed by atoms with Crippen LogP contribution in [0.3, 0.4) is 0 Å². The monoisotopic (exact) mass is 501 g/mol. The second kappa shape index (κ2) is 11.3. The van der Waals surface area contributed by atoms with Crippen LogP contribution in [0, 0.1) is 10.1 Å². The topological polar surface area (TPSA) is 120 Å². The lowest BCUT2D eigenvalue weighted by atomic mass is 10.2. The molecule has 0 fully saturated rings. The van der Waals surface area contributed by atoms with Gasteiger partial charge in [0.15, 0.2) is 11.9 Å². The number of hydrogen-bond donors (Lipinski definition) is 1. The zero-order chi connectivity index (χ0) is 24.7. The van der Waals surface area contributed by atoms with E-state index in [2.05, 4.69) is 10.5 Å². The van der Waals surface area contributed by atoms with E-state index in [-0.39, 0.29) is 27.8 Å². The molecule has 0 saturated carbocycles. The van der Waals surface area contributed by atoms with Gasteiger partial charge >= 0.3 is 11.7 Å². The van der Waals surface area contributed by atoms with Gasteiger partial charge in [-0.15, -0.1) is 0 Å². The number of hydrogen-bond acceptors (Lipinski definition) is 7. The van der Waals surface area contributed by atoms with E-state index in [1.54, 1.807) is 24.3 Å². The second-order valence-electron chi connectivity index (χ2n) is 6.81. The average Bonchev–Trinajstić information content (AvgIpc) is 2.79. The number of nitrogens with zero attached hydrogens (tertiary/aromatic N) is 2. The maximum atomic E-state index is 12.4. The third-order valence-electron chi connectivity index (χ3n) is 4.34. The predicted molar refractivity (Wildman–Crippen MR) is 127 cm³/mol. The second-order valence-corrected chi connectivity index (χ2v) is 7.65. The fourth-order valence-electron chi connectivity index (χ4n) is 2.69. The molecule has 0 aromatic heterocycles. The van der Waals surface area contributed by atoms with Crippen LogP contribution in [-0.2, 0) is 4.79 Å². The first-order valence-corrected chi connectivity index (χ1v) is 10.5. The first-order valence-electron chi connectivity index (χ1n) is 9.75. The van der Waals surface area contributed by atoms with Crippen molar-refractivity contribution in [3.8, 4) is 11.5 Å². The number of rotatable bonds is 8. The number of nitro groups is 1. The van der Waals surface area contributed by atoms with Crippen molar-refractivity contribution in [1.82, 2.24) is 5.43 Å². The Morgan fingerprint density at radius 1 is 1.09 bits per heavy atom. The summed E-state index contributed by atoms with van der Waals surface area (Å²) >= 11 is 11.9. The van der Waals surface area contributed by atoms with Gasteiger partial charge < -0.3 is 9.47 Å². The Balaban J connectivity index is 1.60. The molecule has 3 aromatic carbocycles. The zero-order valence-electron chi connectivity index (χ0n) is 17.6. The molecule has 0 aliphatic heterocycles. The van der Waals surface area contributed by atoms with Gasteiger partial charge in [-0.05, 0) is 48.9 Å². The SMILES string of the molecule is CC(Oc1ccccc1[N+](=O)[O-])C(=O)NN=Cc1cccc(OC(=O)c2ccc(Cl)cc2Cl)c1. The largest absolute Gasteiger partial charge is 0.474 e. The number of esters is 1. The highest BCUT2D eigenvalue weighted by atomic mass is 35.5. The molecule has 0 radical (unpaired) electrons. The smallest absolute Gasteiger partial charge is 0.345 e. The van der Waals surface area contributed by atoms with Crippen molar-refractivity contribution in [2.45, 2.75) is 13.0 Å². The number of amides is 1. The molecule has 0 heterocycles. The number of para-hydroxylation sites is 2.